The Morgan fingerprint density at radius 3 is 2.68 bits per heavy atom. The van der Waals surface area contributed by atoms with E-state index in [1.807, 2.05) is 0 Å². The zero-order valence-electron chi connectivity index (χ0n) is 10.1. The lowest BCUT2D eigenvalue weighted by Gasteiger charge is -2.06. The molecule has 0 spiro atoms. The summed E-state index contributed by atoms with van der Waals surface area (Å²) in [5, 5.41) is 3.09. The van der Waals surface area contributed by atoms with E-state index in [4.69, 9.17) is 9.71 Å². The molecule has 19 heavy (non-hydrogen) atoms. The Labute approximate surface area is 111 Å². The van der Waals surface area contributed by atoms with Crippen molar-refractivity contribution in [2.24, 2.45) is 5.11 Å². The van der Waals surface area contributed by atoms with E-state index in [0.717, 1.165) is 0 Å². The molecule has 0 amide bonds. The molecule has 1 rings (SSSR count). The second-order valence-electron chi connectivity index (χ2n) is 3.74. The molecule has 0 aliphatic heterocycles. The zero-order valence-corrected chi connectivity index (χ0v) is 11.0. The van der Waals surface area contributed by atoms with Crippen LogP contribution >= 0.6 is 0 Å². The molecule has 1 atom stereocenters. The lowest BCUT2D eigenvalue weighted by atomic mass is 10.2. The fourth-order valence-corrected chi connectivity index (χ4v) is 2.31. The maximum atomic E-state index is 13.1. The number of azide groups is 1. The molecule has 0 aliphatic carbocycles. The lowest BCUT2D eigenvalue weighted by Crippen LogP contribution is -2.10. The predicted molar refractivity (Wildman–Crippen MR) is 67.7 cm³/mol. The van der Waals surface area contributed by atoms with Crippen molar-refractivity contribution in [2.75, 3.05) is 13.2 Å². The van der Waals surface area contributed by atoms with Crippen LogP contribution in [0.25, 0.3) is 10.4 Å². The first-order valence-electron chi connectivity index (χ1n) is 5.65. The third-order valence-corrected chi connectivity index (χ3v) is 3.60. The van der Waals surface area contributed by atoms with Gasteiger partial charge in [0.05, 0.1) is 18.0 Å². The van der Waals surface area contributed by atoms with E-state index in [2.05, 4.69) is 10.0 Å². The minimum absolute atomic E-state index is 0.0703. The molecular weight excluding hydrogens is 273 g/mol. The lowest BCUT2D eigenvalue weighted by molar-refractivity contribution is 0.265. The molecule has 0 bridgehead atoms. The Balaban J connectivity index is 2.35. The van der Waals surface area contributed by atoms with Crippen LogP contribution in [0.3, 0.4) is 0 Å². The molecule has 104 valence electrons. The van der Waals surface area contributed by atoms with E-state index >= 15 is 0 Å². The standard InChI is InChI=1S/C11H14FN3O3S/c12-10(9-14-15-13)5-4-8-18-19(16,17)11-6-2-1-3-7-11/h1-3,6-7,10H,4-5,8-9H2. The monoisotopic (exact) mass is 287 g/mol. The molecule has 1 aromatic rings. The van der Waals surface area contributed by atoms with E-state index in [0.29, 0.717) is 0 Å². The highest BCUT2D eigenvalue weighted by Crippen LogP contribution is 2.12. The summed E-state index contributed by atoms with van der Waals surface area (Å²) in [5.74, 6) is 0. The summed E-state index contributed by atoms with van der Waals surface area (Å²) in [4.78, 5) is 2.51. The number of alkyl halides is 1. The van der Waals surface area contributed by atoms with Gasteiger partial charge in [-0.1, -0.05) is 23.3 Å². The molecule has 0 radical (unpaired) electrons. The maximum Gasteiger partial charge on any atom is 0.296 e. The molecule has 8 heteroatoms. The zero-order chi connectivity index (χ0) is 14.1. The van der Waals surface area contributed by atoms with Crippen molar-refractivity contribution in [3.05, 3.63) is 40.8 Å². The largest absolute Gasteiger partial charge is 0.296 e. The quantitative estimate of drug-likeness (QED) is 0.242. The Morgan fingerprint density at radius 1 is 1.37 bits per heavy atom. The fraction of sp³-hybridized carbons (Fsp3) is 0.455. The van der Waals surface area contributed by atoms with Crippen molar-refractivity contribution in [1.29, 1.82) is 0 Å². The van der Waals surface area contributed by atoms with Gasteiger partial charge in [-0.05, 0) is 30.5 Å². The molecule has 0 aromatic heterocycles. The van der Waals surface area contributed by atoms with Crippen molar-refractivity contribution in [2.45, 2.75) is 23.9 Å². The van der Waals surface area contributed by atoms with Gasteiger partial charge in [0.25, 0.3) is 10.1 Å². The number of halogens is 1. The van der Waals surface area contributed by atoms with Gasteiger partial charge in [-0.15, -0.1) is 0 Å². The van der Waals surface area contributed by atoms with Crippen LogP contribution < -0.4 is 0 Å². The second-order valence-corrected chi connectivity index (χ2v) is 5.36. The summed E-state index contributed by atoms with van der Waals surface area (Å²) >= 11 is 0. The smallest absolute Gasteiger partial charge is 0.266 e. The molecule has 0 heterocycles. The van der Waals surface area contributed by atoms with Crippen LogP contribution in [0.2, 0.25) is 0 Å². The van der Waals surface area contributed by atoms with Gasteiger partial charge < -0.3 is 0 Å². The summed E-state index contributed by atoms with van der Waals surface area (Å²) in [5.41, 5.74) is 8.01. The van der Waals surface area contributed by atoms with Crippen LogP contribution in [0.5, 0.6) is 0 Å². The van der Waals surface area contributed by atoms with Gasteiger partial charge in [0.2, 0.25) is 0 Å². The van der Waals surface area contributed by atoms with E-state index < -0.39 is 16.3 Å². The minimum atomic E-state index is -3.78. The first kappa shape index (κ1) is 15.4. The van der Waals surface area contributed by atoms with Gasteiger partial charge in [-0.3, -0.25) is 4.18 Å². The normalized spacial score (nSPS) is 12.7. The summed E-state index contributed by atoms with van der Waals surface area (Å²) in [6.45, 7) is -0.351. The van der Waals surface area contributed by atoms with Gasteiger partial charge in [0.1, 0.15) is 6.17 Å². The molecule has 0 fully saturated rings. The summed E-state index contributed by atoms with van der Waals surface area (Å²) < 4.78 is 41.2. The van der Waals surface area contributed by atoms with Crippen molar-refractivity contribution >= 4 is 10.1 Å². The van der Waals surface area contributed by atoms with Crippen molar-refractivity contribution in [1.82, 2.24) is 0 Å². The van der Waals surface area contributed by atoms with E-state index in [1.165, 1.54) is 12.1 Å². The molecule has 0 aliphatic rings. The highest BCUT2D eigenvalue weighted by Gasteiger charge is 2.14. The van der Waals surface area contributed by atoms with Crippen LogP contribution in [0.15, 0.2) is 40.3 Å². The van der Waals surface area contributed by atoms with Crippen LogP contribution in [-0.2, 0) is 14.3 Å². The predicted octanol–water partition coefficient (Wildman–Crippen LogP) is 2.82. The van der Waals surface area contributed by atoms with Gasteiger partial charge in [-0.2, -0.15) is 8.42 Å². The van der Waals surface area contributed by atoms with Crippen LogP contribution in [0, 0.1) is 0 Å². The van der Waals surface area contributed by atoms with Gasteiger partial charge in [0, 0.05) is 4.91 Å². The van der Waals surface area contributed by atoms with Gasteiger partial charge >= 0.3 is 0 Å². The minimum Gasteiger partial charge on any atom is -0.266 e. The average Bonchev–Trinajstić information content (AvgIpc) is 2.42. The Kier molecular flexibility index (Phi) is 6.27. The van der Waals surface area contributed by atoms with Gasteiger partial charge in [0.15, 0.2) is 0 Å². The SMILES string of the molecule is [N-]=[N+]=NCC(F)CCCOS(=O)(=O)c1ccccc1. The number of nitrogens with zero attached hydrogens (tertiary/aromatic N) is 3. The fourth-order valence-electron chi connectivity index (χ4n) is 1.35. The van der Waals surface area contributed by atoms with Crippen LogP contribution in [-0.4, -0.2) is 27.7 Å². The summed E-state index contributed by atoms with van der Waals surface area (Å²) in [7, 11) is -3.78. The van der Waals surface area contributed by atoms with Gasteiger partial charge in [-0.25, -0.2) is 4.39 Å². The molecule has 1 unspecified atom stereocenters. The number of rotatable bonds is 8. The first-order valence-corrected chi connectivity index (χ1v) is 7.06. The van der Waals surface area contributed by atoms with Crippen LogP contribution in [0.4, 0.5) is 4.39 Å². The second kappa shape index (κ2) is 7.73. The Hall–Kier alpha value is -1.63. The van der Waals surface area contributed by atoms with Crippen molar-refractivity contribution in [3.8, 4) is 0 Å². The van der Waals surface area contributed by atoms with Crippen molar-refractivity contribution < 1.29 is 17.0 Å². The average molecular weight is 287 g/mol. The Bertz CT molecular complexity index is 529. The van der Waals surface area contributed by atoms with Crippen LogP contribution in [0.1, 0.15) is 12.8 Å². The number of hydrogen-bond donors (Lipinski definition) is 0. The number of hydrogen-bond acceptors (Lipinski definition) is 4. The molecule has 6 nitrogen and oxygen atoms in total. The molecular formula is C11H14FN3O3S. The molecule has 0 saturated heterocycles. The Morgan fingerprint density at radius 2 is 2.05 bits per heavy atom. The highest BCUT2D eigenvalue weighted by atomic mass is 32.2. The number of benzene rings is 1. The molecule has 0 saturated carbocycles. The third-order valence-electron chi connectivity index (χ3n) is 2.28. The molecule has 1 aromatic carbocycles. The highest BCUT2D eigenvalue weighted by molar-refractivity contribution is 7.86. The summed E-state index contributed by atoms with van der Waals surface area (Å²) in [6, 6.07) is 7.73. The topological polar surface area (TPSA) is 92.1 Å². The van der Waals surface area contributed by atoms with Crippen molar-refractivity contribution in [3.63, 3.8) is 0 Å². The third kappa shape index (κ3) is 5.69. The maximum absolute atomic E-state index is 13.1. The van der Waals surface area contributed by atoms with E-state index in [-0.39, 0.29) is 30.9 Å². The van der Waals surface area contributed by atoms with E-state index in [1.54, 1.807) is 18.2 Å². The first-order chi connectivity index (χ1) is 9.06. The van der Waals surface area contributed by atoms with E-state index in [9.17, 15) is 12.8 Å². The summed E-state index contributed by atoms with van der Waals surface area (Å²) in [6.07, 6.45) is -0.962. The molecule has 0 N–H and O–H groups in total.